The van der Waals surface area contributed by atoms with E-state index in [1.165, 1.54) is 0 Å². The van der Waals surface area contributed by atoms with Crippen molar-refractivity contribution in [3.05, 3.63) is 11.7 Å². The molecule has 1 aromatic heterocycles. The van der Waals surface area contributed by atoms with Crippen molar-refractivity contribution < 1.29 is 14.1 Å². The molecular formula is C16H26N4O3. The molecule has 0 bridgehead atoms. The number of rotatable bonds is 5. The van der Waals surface area contributed by atoms with E-state index in [-0.39, 0.29) is 17.9 Å². The van der Waals surface area contributed by atoms with E-state index >= 15 is 0 Å². The number of amides is 3. The van der Waals surface area contributed by atoms with E-state index in [4.69, 9.17) is 4.52 Å². The van der Waals surface area contributed by atoms with Crippen molar-refractivity contribution in [2.45, 2.75) is 71.9 Å². The predicted molar refractivity (Wildman–Crippen MR) is 84.6 cm³/mol. The fraction of sp³-hybridized carbons (Fsp3) is 0.750. The van der Waals surface area contributed by atoms with Gasteiger partial charge in [0.05, 0.1) is 6.54 Å². The van der Waals surface area contributed by atoms with Gasteiger partial charge in [0.1, 0.15) is 5.54 Å². The van der Waals surface area contributed by atoms with Gasteiger partial charge in [-0.1, -0.05) is 39.8 Å². The fourth-order valence-electron chi connectivity index (χ4n) is 2.40. The molecule has 1 atom stereocenters. The van der Waals surface area contributed by atoms with Crippen LogP contribution in [0.25, 0.3) is 0 Å². The first-order valence-electron chi connectivity index (χ1n) is 8.00. The molecule has 0 aromatic carbocycles. The second-order valence-corrected chi connectivity index (χ2v) is 7.85. The molecule has 1 aliphatic rings. The Labute approximate surface area is 136 Å². The molecule has 0 saturated carbocycles. The molecule has 1 saturated heterocycles. The topological polar surface area (TPSA) is 88.3 Å². The fourth-order valence-corrected chi connectivity index (χ4v) is 2.40. The number of hydrogen-bond acceptors (Lipinski definition) is 5. The molecular weight excluding hydrogens is 296 g/mol. The first kappa shape index (κ1) is 17.4. The summed E-state index contributed by atoms with van der Waals surface area (Å²) in [6.07, 6.45) is 1.48. The molecule has 7 heteroatoms. The third kappa shape index (κ3) is 3.71. The molecule has 2 heterocycles. The van der Waals surface area contributed by atoms with Gasteiger partial charge < -0.3 is 9.84 Å². The van der Waals surface area contributed by atoms with Crippen LogP contribution in [0, 0.1) is 5.92 Å². The Morgan fingerprint density at radius 3 is 2.48 bits per heavy atom. The van der Waals surface area contributed by atoms with E-state index in [2.05, 4.69) is 29.3 Å². The van der Waals surface area contributed by atoms with Crippen LogP contribution in [0.3, 0.4) is 0 Å². The number of imide groups is 1. The minimum atomic E-state index is -0.849. The molecule has 23 heavy (non-hydrogen) atoms. The molecule has 0 spiro atoms. The molecule has 1 fully saturated rings. The largest absolute Gasteiger partial charge is 0.339 e. The number of urea groups is 1. The second-order valence-electron chi connectivity index (χ2n) is 7.85. The molecule has 0 radical (unpaired) electrons. The molecule has 2 rings (SSSR count). The maximum Gasteiger partial charge on any atom is 0.325 e. The monoisotopic (exact) mass is 322 g/mol. The molecule has 7 nitrogen and oxygen atoms in total. The number of carbonyl (C=O) groups excluding carboxylic acids is 2. The molecule has 1 N–H and O–H groups in total. The van der Waals surface area contributed by atoms with Gasteiger partial charge in [0.25, 0.3) is 5.91 Å². The third-order valence-corrected chi connectivity index (χ3v) is 3.98. The lowest BCUT2D eigenvalue weighted by molar-refractivity contribution is -0.131. The quantitative estimate of drug-likeness (QED) is 0.842. The summed E-state index contributed by atoms with van der Waals surface area (Å²) >= 11 is 0. The van der Waals surface area contributed by atoms with Crippen LogP contribution in [0.2, 0.25) is 0 Å². The molecule has 0 aliphatic carbocycles. The summed E-state index contributed by atoms with van der Waals surface area (Å²) in [5.41, 5.74) is -1.12. The highest BCUT2D eigenvalue weighted by molar-refractivity contribution is 6.06. The lowest BCUT2D eigenvalue weighted by Gasteiger charge is -2.22. The lowest BCUT2D eigenvalue weighted by atomic mass is 9.92. The van der Waals surface area contributed by atoms with E-state index in [9.17, 15) is 9.59 Å². The van der Waals surface area contributed by atoms with E-state index in [0.717, 1.165) is 11.3 Å². The zero-order chi connectivity index (χ0) is 17.4. The van der Waals surface area contributed by atoms with Crippen LogP contribution in [0.5, 0.6) is 0 Å². The molecule has 1 unspecified atom stereocenters. The van der Waals surface area contributed by atoms with Crippen molar-refractivity contribution in [2.75, 3.05) is 0 Å². The van der Waals surface area contributed by atoms with E-state index in [1.54, 1.807) is 6.92 Å². The first-order valence-corrected chi connectivity index (χ1v) is 8.00. The Hall–Kier alpha value is -1.92. The summed E-state index contributed by atoms with van der Waals surface area (Å²) in [5, 5.41) is 6.67. The Bertz CT molecular complexity index is 603. The Balaban J connectivity index is 2.10. The van der Waals surface area contributed by atoms with Gasteiger partial charge in [-0.2, -0.15) is 4.98 Å². The highest BCUT2D eigenvalue weighted by Gasteiger charge is 2.47. The first-order chi connectivity index (χ1) is 10.5. The average Bonchev–Trinajstić information content (AvgIpc) is 2.97. The maximum absolute atomic E-state index is 12.6. The zero-order valence-corrected chi connectivity index (χ0v) is 14.8. The van der Waals surface area contributed by atoms with Crippen LogP contribution in [0.15, 0.2) is 4.52 Å². The van der Waals surface area contributed by atoms with Gasteiger partial charge in [-0.15, -0.1) is 0 Å². The predicted octanol–water partition coefficient (Wildman–Crippen LogP) is 2.61. The summed E-state index contributed by atoms with van der Waals surface area (Å²) < 4.78 is 5.21. The van der Waals surface area contributed by atoms with Gasteiger partial charge in [-0.05, 0) is 25.7 Å². The lowest BCUT2D eigenvalue weighted by Crippen LogP contribution is -2.44. The number of carbonyl (C=O) groups is 2. The molecule has 3 amide bonds. The third-order valence-electron chi connectivity index (χ3n) is 3.98. The molecule has 128 valence electrons. The smallest absolute Gasteiger partial charge is 0.325 e. The van der Waals surface area contributed by atoms with Crippen LogP contribution in [0.4, 0.5) is 4.79 Å². The van der Waals surface area contributed by atoms with Gasteiger partial charge in [-0.25, -0.2) is 4.79 Å². The SMILES string of the molecule is CC(C)CCC1(C)NC(=O)N(Cc2noc(C(C)(C)C)n2)C1=O. The van der Waals surface area contributed by atoms with Crippen LogP contribution < -0.4 is 5.32 Å². The minimum absolute atomic E-state index is 0.0293. The standard InChI is InChI=1S/C16H26N4O3/c1-10(2)7-8-16(6)13(21)20(14(22)18-16)9-11-17-12(23-19-11)15(3,4)5/h10H,7-9H2,1-6H3,(H,18,22). The number of nitrogens with one attached hydrogen (secondary N) is 1. The van der Waals surface area contributed by atoms with E-state index in [1.807, 2.05) is 20.8 Å². The summed E-state index contributed by atoms with van der Waals surface area (Å²) in [4.78, 5) is 30.2. The highest BCUT2D eigenvalue weighted by atomic mass is 16.5. The summed E-state index contributed by atoms with van der Waals surface area (Å²) in [5.74, 6) is 1.07. The summed E-state index contributed by atoms with van der Waals surface area (Å²) in [6.45, 7) is 11.9. The van der Waals surface area contributed by atoms with Gasteiger partial charge in [-0.3, -0.25) is 9.69 Å². The Morgan fingerprint density at radius 1 is 1.30 bits per heavy atom. The van der Waals surface area contributed by atoms with Crippen molar-refractivity contribution in [2.24, 2.45) is 5.92 Å². The normalized spacial score (nSPS) is 22.1. The van der Waals surface area contributed by atoms with Gasteiger partial charge in [0, 0.05) is 5.41 Å². The van der Waals surface area contributed by atoms with Crippen LogP contribution in [0.1, 0.15) is 66.1 Å². The minimum Gasteiger partial charge on any atom is -0.339 e. The summed E-state index contributed by atoms with van der Waals surface area (Å²) in [7, 11) is 0. The van der Waals surface area contributed by atoms with Crippen LogP contribution >= 0.6 is 0 Å². The highest BCUT2D eigenvalue weighted by Crippen LogP contribution is 2.26. The number of nitrogens with zero attached hydrogens (tertiary/aromatic N) is 3. The van der Waals surface area contributed by atoms with E-state index < -0.39 is 11.6 Å². The van der Waals surface area contributed by atoms with Crippen molar-refractivity contribution in [1.82, 2.24) is 20.4 Å². The zero-order valence-electron chi connectivity index (χ0n) is 14.8. The van der Waals surface area contributed by atoms with Crippen molar-refractivity contribution in [3.8, 4) is 0 Å². The van der Waals surface area contributed by atoms with Crippen molar-refractivity contribution >= 4 is 11.9 Å². The second kappa shape index (κ2) is 5.94. The Morgan fingerprint density at radius 2 is 1.96 bits per heavy atom. The Kier molecular flexibility index (Phi) is 4.50. The molecule has 1 aromatic rings. The average molecular weight is 322 g/mol. The van der Waals surface area contributed by atoms with E-state index in [0.29, 0.717) is 24.1 Å². The van der Waals surface area contributed by atoms with Gasteiger partial charge in [0.2, 0.25) is 5.89 Å². The van der Waals surface area contributed by atoms with Crippen molar-refractivity contribution in [1.29, 1.82) is 0 Å². The number of aromatic nitrogens is 2. The van der Waals surface area contributed by atoms with Crippen LogP contribution in [-0.2, 0) is 16.8 Å². The summed E-state index contributed by atoms with van der Waals surface area (Å²) in [6, 6.07) is -0.400. The maximum atomic E-state index is 12.6. The van der Waals surface area contributed by atoms with Gasteiger partial charge in [0.15, 0.2) is 5.82 Å². The molecule has 1 aliphatic heterocycles. The van der Waals surface area contributed by atoms with Crippen LogP contribution in [-0.4, -0.2) is 32.5 Å². The number of hydrogen-bond donors (Lipinski definition) is 1. The van der Waals surface area contributed by atoms with Crippen molar-refractivity contribution in [3.63, 3.8) is 0 Å². The van der Waals surface area contributed by atoms with Gasteiger partial charge >= 0.3 is 6.03 Å².